The lowest BCUT2D eigenvalue weighted by molar-refractivity contribution is -0.117. The van der Waals surface area contributed by atoms with Gasteiger partial charge in [0.15, 0.2) is 5.82 Å². The summed E-state index contributed by atoms with van der Waals surface area (Å²) in [6.07, 6.45) is 2.17. The van der Waals surface area contributed by atoms with Gasteiger partial charge in [0.25, 0.3) is 0 Å². The van der Waals surface area contributed by atoms with Crippen molar-refractivity contribution in [2.45, 2.75) is 46.0 Å². The van der Waals surface area contributed by atoms with Gasteiger partial charge < -0.3 is 9.32 Å². The first kappa shape index (κ1) is 10.3. The summed E-state index contributed by atoms with van der Waals surface area (Å²) in [5, 5.41) is 3.95. The van der Waals surface area contributed by atoms with Crippen molar-refractivity contribution in [1.29, 1.82) is 0 Å². The number of nitrogens with zero attached hydrogens (tertiary/aromatic N) is 2. The van der Waals surface area contributed by atoms with E-state index in [0.717, 1.165) is 12.2 Å². The fraction of sp³-hybridized carbons (Fsp3) is 0.727. The van der Waals surface area contributed by atoms with Gasteiger partial charge in [-0.1, -0.05) is 19.0 Å². The molecule has 1 aromatic heterocycles. The van der Waals surface area contributed by atoms with Crippen molar-refractivity contribution in [2.75, 3.05) is 0 Å². The molecule has 1 atom stereocenters. The van der Waals surface area contributed by atoms with Gasteiger partial charge in [-0.05, 0) is 18.8 Å². The van der Waals surface area contributed by atoms with Crippen molar-refractivity contribution in [3.8, 4) is 0 Å². The predicted octanol–water partition coefficient (Wildman–Crippen LogP) is 2.10. The number of hydrogen-bond donors (Lipinski definition) is 0. The molecule has 0 N–H and O–H groups in total. The molecule has 1 aliphatic carbocycles. The van der Waals surface area contributed by atoms with Gasteiger partial charge in [0.1, 0.15) is 5.78 Å². The highest BCUT2D eigenvalue weighted by molar-refractivity contribution is 5.75. The Balaban J connectivity index is 1.96. The molecule has 1 unspecified atom stereocenters. The Kier molecular flexibility index (Phi) is 2.37. The van der Waals surface area contributed by atoms with Crippen molar-refractivity contribution < 1.29 is 9.32 Å². The minimum Gasteiger partial charge on any atom is -0.339 e. The van der Waals surface area contributed by atoms with Gasteiger partial charge in [-0.2, -0.15) is 4.98 Å². The zero-order valence-corrected chi connectivity index (χ0v) is 9.41. The van der Waals surface area contributed by atoms with Crippen LogP contribution in [0.1, 0.15) is 51.2 Å². The van der Waals surface area contributed by atoms with E-state index in [1.54, 1.807) is 6.92 Å². The van der Waals surface area contributed by atoms with E-state index in [9.17, 15) is 4.79 Å². The lowest BCUT2D eigenvalue weighted by Crippen LogP contribution is -1.95. The molecular weight excluding hydrogens is 192 g/mol. The molecule has 0 amide bonds. The molecule has 0 spiro atoms. The first-order valence-corrected chi connectivity index (χ1v) is 5.31. The molecular formula is C11H16N2O2. The maximum absolute atomic E-state index is 10.8. The normalized spacial score (nSPS) is 22.7. The first-order chi connectivity index (χ1) is 6.99. The van der Waals surface area contributed by atoms with Gasteiger partial charge in [-0.15, -0.1) is 0 Å². The summed E-state index contributed by atoms with van der Waals surface area (Å²) in [5.41, 5.74) is 0.321. The van der Waals surface area contributed by atoms with E-state index in [2.05, 4.69) is 24.0 Å². The molecule has 15 heavy (non-hydrogen) atoms. The quantitative estimate of drug-likeness (QED) is 0.760. The molecule has 0 bridgehead atoms. The maximum atomic E-state index is 10.8. The topological polar surface area (TPSA) is 56.0 Å². The molecule has 1 fully saturated rings. The van der Waals surface area contributed by atoms with Gasteiger partial charge in [-0.3, -0.25) is 0 Å². The van der Waals surface area contributed by atoms with E-state index in [0.29, 0.717) is 30.1 Å². The summed E-state index contributed by atoms with van der Waals surface area (Å²) in [7, 11) is 0. The third-order valence-electron chi connectivity index (χ3n) is 3.00. The molecule has 1 aromatic rings. The number of rotatable bonds is 4. The van der Waals surface area contributed by atoms with Gasteiger partial charge in [-0.25, -0.2) is 0 Å². The maximum Gasteiger partial charge on any atom is 0.227 e. The van der Waals surface area contributed by atoms with Crippen molar-refractivity contribution in [1.82, 2.24) is 10.1 Å². The van der Waals surface area contributed by atoms with Gasteiger partial charge >= 0.3 is 0 Å². The summed E-state index contributed by atoms with van der Waals surface area (Å²) >= 11 is 0. The Morgan fingerprint density at radius 2 is 2.27 bits per heavy atom. The molecule has 1 saturated carbocycles. The second-order valence-electron chi connectivity index (χ2n) is 4.99. The van der Waals surface area contributed by atoms with E-state index < -0.39 is 0 Å². The zero-order chi connectivity index (χ0) is 11.1. The number of ketones is 1. The van der Waals surface area contributed by atoms with E-state index in [1.807, 2.05) is 0 Å². The van der Waals surface area contributed by atoms with E-state index in [-0.39, 0.29) is 5.78 Å². The van der Waals surface area contributed by atoms with Crippen LogP contribution in [0.3, 0.4) is 0 Å². The van der Waals surface area contributed by atoms with Crippen LogP contribution >= 0.6 is 0 Å². The lowest BCUT2D eigenvalue weighted by atomic mass is 10.1. The molecule has 82 valence electrons. The Hall–Kier alpha value is -1.19. The molecule has 4 heteroatoms. The summed E-state index contributed by atoms with van der Waals surface area (Å²) < 4.78 is 5.10. The monoisotopic (exact) mass is 208 g/mol. The van der Waals surface area contributed by atoms with Crippen LogP contribution in [0.5, 0.6) is 0 Å². The van der Waals surface area contributed by atoms with Crippen molar-refractivity contribution >= 4 is 5.78 Å². The fourth-order valence-corrected chi connectivity index (χ4v) is 1.70. The van der Waals surface area contributed by atoms with Crippen LogP contribution in [0.15, 0.2) is 4.52 Å². The van der Waals surface area contributed by atoms with Crippen molar-refractivity contribution in [3.63, 3.8) is 0 Å². The van der Waals surface area contributed by atoms with Crippen LogP contribution in [0, 0.1) is 5.41 Å². The minimum absolute atomic E-state index is 0.154. The SMILES string of the molecule is CC(=O)CCc1nc(C2CC2(C)C)no1. The molecule has 0 radical (unpaired) electrons. The third-order valence-corrected chi connectivity index (χ3v) is 3.00. The second kappa shape index (κ2) is 3.43. The van der Waals surface area contributed by atoms with E-state index >= 15 is 0 Å². The predicted molar refractivity (Wildman–Crippen MR) is 54.4 cm³/mol. The molecule has 0 saturated heterocycles. The molecule has 2 rings (SSSR count). The first-order valence-electron chi connectivity index (χ1n) is 5.31. The standard InChI is InChI=1S/C11H16N2O2/c1-7(14)4-5-9-12-10(13-15-9)8-6-11(8,2)3/h8H,4-6H2,1-3H3. The number of aryl methyl sites for hydroxylation is 1. The molecule has 1 aliphatic rings. The van der Waals surface area contributed by atoms with Crippen LogP contribution in [-0.2, 0) is 11.2 Å². The number of carbonyl (C=O) groups excluding carboxylic acids is 1. The average molecular weight is 208 g/mol. The number of aromatic nitrogens is 2. The summed E-state index contributed by atoms with van der Waals surface area (Å²) in [6.45, 7) is 5.97. The highest BCUT2D eigenvalue weighted by Crippen LogP contribution is 2.57. The fourth-order valence-electron chi connectivity index (χ4n) is 1.70. The highest BCUT2D eigenvalue weighted by atomic mass is 16.5. The zero-order valence-electron chi connectivity index (χ0n) is 9.41. The second-order valence-corrected chi connectivity index (χ2v) is 4.99. The smallest absolute Gasteiger partial charge is 0.227 e. The lowest BCUT2D eigenvalue weighted by Gasteiger charge is -1.95. The van der Waals surface area contributed by atoms with E-state index in [1.165, 1.54) is 0 Å². The Bertz CT molecular complexity index is 382. The van der Waals surface area contributed by atoms with Crippen LogP contribution in [-0.4, -0.2) is 15.9 Å². The van der Waals surface area contributed by atoms with Crippen LogP contribution in [0.4, 0.5) is 0 Å². The Morgan fingerprint density at radius 1 is 1.60 bits per heavy atom. The molecule has 1 heterocycles. The number of hydrogen-bond acceptors (Lipinski definition) is 4. The molecule has 0 aromatic carbocycles. The van der Waals surface area contributed by atoms with E-state index in [4.69, 9.17) is 4.52 Å². The average Bonchev–Trinajstić information content (AvgIpc) is 2.63. The third kappa shape index (κ3) is 2.25. The van der Waals surface area contributed by atoms with Gasteiger partial charge in [0, 0.05) is 18.8 Å². The minimum atomic E-state index is 0.154. The number of Topliss-reactive ketones (excluding diaryl/α,β-unsaturated/α-hetero) is 1. The molecule has 0 aliphatic heterocycles. The van der Waals surface area contributed by atoms with Crippen molar-refractivity contribution in [2.24, 2.45) is 5.41 Å². The summed E-state index contributed by atoms with van der Waals surface area (Å²) in [4.78, 5) is 15.1. The summed E-state index contributed by atoms with van der Waals surface area (Å²) in [5.74, 6) is 1.98. The Morgan fingerprint density at radius 3 is 2.80 bits per heavy atom. The van der Waals surface area contributed by atoms with Crippen molar-refractivity contribution in [3.05, 3.63) is 11.7 Å². The highest BCUT2D eigenvalue weighted by Gasteiger charge is 2.49. The molecule has 4 nitrogen and oxygen atoms in total. The van der Waals surface area contributed by atoms with Crippen LogP contribution in [0.2, 0.25) is 0 Å². The van der Waals surface area contributed by atoms with Crippen LogP contribution < -0.4 is 0 Å². The largest absolute Gasteiger partial charge is 0.339 e. The van der Waals surface area contributed by atoms with Gasteiger partial charge in [0.05, 0.1) is 0 Å². The van der Waals surface area contributed by atoms with Crippen LogP contribution in [0.25, 0.3) is 0 Å². The van der Waals surface area contributed by atoms with Gasteiger partial charge in [0.2, 0.25) is 5.89 Å². The summed E-state index contributed by atoms with van der Waals surface area (Å²) in [6, 6.07) is 0. The number of carbonyl (C=O) groups is 1. The Labute approximate surface area is 89.1 Å².